The molecule has 0 saturated heterocycles. The van der Waals surface area contributed by atoms with Gasteiger partial charge in [0.2, 0.25) is 0 Å². The van der Waals surface area contributed by atoms with Gasteiger partial charge in [-0.25, -0.2) is 4.39 Å². The normalized spacial score (nSPS) is 10.2. The van der Waals surface area contributed by atoms with Crippen LogP contribution in [0.3, 0.4) is 0 Å². The van der Waals surface area contributed by atoms with E-state index >= 15 is 0 Å². The molecule has 0 radical (unpaired) electrons. The molecule has 2 rings (SSSR count). The first kappa shape index (κ1) is 15.3. The standard InChI is InChI=1S/C15H14ClFN2O2/c16-14-9-10(17)1-6-13(14)15(20)19-11-2-4-12(5-3-11)21-8-7-18/h1-6,9H,7-8,18H2,(H,19,20). The van der Waals surface area contributed by atoms with Crippen LogP contribution in [0.25, 0.3) is 0 Å². The van der Waals surface area contributed by atoms with Gasteiger partial charge in [-0.1, -0.05) is 11.6 Å². The summed E-state index contributed by atoms with van der Waals surface area (Å²) in [4.78, 5) is 12.0. The average molecular weight is 309 g/mol. The number of amides is 1. The summed E-state index contributed by atoms with van der Waals surface area (Å²) in [5, 5.41) is 2.74. The van der Waals surface area contributed by atoms with E-state index in [9.17, 15) is 9.18 Å². The molecule has 0 fully saturated rings. The van der Waals surface area contributed by atoms with E-state index in [0.29, 0.717) is 24.6 Å². The molecule has 0 aromatic heterocycles. The minimum Gasteiger partial charge on any atom is -0.492 e. The number of nitrogens with two attached hydrogens (primary N) is 1. The van der Waals surface area contributed by atoms with Crippen molar-refractivity contribution in [3.05, 3.63) is 58.9 Å². The van der Waals surface area contributed by atoms with Crippen molar-refractivity contribution in [1.29, 1.82) is 0 Å². The lowest BCUT2D eigenvalue weighted by atomic mass is 10.2. The van der Waals surface area contributed by atoms with Crippen LogP contribution in [0, 0.1) is 5.82 Å². The van der Waals surface area contributed by atoms with Crippen molar-refractivity contribution in [2.45, 2.75) is 0 Å². The molecule has 0 aliphatic carbocycles. The highest BCUT2D eigenvalue weighted by molar-refractivity contribution is 6.34. The van der Waals surface area contributed by atoms with Gasteiger partial charge in [0.05, 0.1) is 10.6 Å². The van der Waals surface area contributed by atoms with Crippen LogP contribution >= 0.6 is 11.6 Å². The molecule has 0 atom stereocenters. The van der Waals surface area contributed by atoms with Crippen LogP contribution in [0.1, 0.15) is 10.4 Å². The number of ether oxygens (including phenoxy) is 1. The van der Waals surface area contributed by atoms with E-state index in [0.717, 1.165) is 6.07 Å². The maximum atomic E-state index is 12.9. The van der Waals surface area contributed by atoms with Gasteiger partial charge in [-0.2, -0.15) is 0 Å². The van der Waals surface area contributed by atoms with Crippen LogP contribution in [0.2, 0.25) is 5.02 Å². The Morgan fingerprint density at radius 2 is 1.95 bits per heavy atom. The fourth-order valence-corrected chi connectivity index (χ4v) is 1.94. The Hall–Kier alpha value is -2.11. The minimum absolute atomic E-state index is 0.0652. The zero-order chi connectivity index (χ0) is 15.2. The first-order chi connectivity index (χ1) is 10.1. The largest absolute Gasteiger partial charge is 0.492 e. The second-order valence-corrected chi connectivity index (χ2v) is 4.65. The Bertz CT molecular complexity index is 632. The maximum Gasteiger partial charge on any atom is 0.257 e. The lowest BCUT2D eigenvalue weighted by molar-refractivity contribution is 0.102. The highest BCUT2D eigenvalue weighted by Crippen LogP contribution is 2.20. The van der Waals surface area contributed by atoms with Crippen molar-refractivity contribution in [2.75, 3.05) is 18.5 Å². The molecule has 0 saturated carbocycles. The summed E-state index contributed by atoms with van der Waals surface area (Å²) in [5.41, 5.74) is 6.13. The molecular weight excluding hydrogens is 295 g/mol. The SMILES string of the molecule is NCCOc1ccc(NC(=O)c2ccc(F)cc2Cl)cc1. The number of carbonyl (C=O) groups excluding carboxylic acids is 1. The molecule has 1 amide bonds. The van der Waals surface area contributed by atoms with Gasteiger partial charge in [-0.15, -0.1) is 0 Å². The van der Waals surface area contributed by atoms with E-state index in [1.807, 2.05) is 0 Å². The third kappa shape index (κ3) is 4.18. The van der Waals surface area contributed by atoms with Crippen LogP contribution in [0.15, 0.2) is 42.5 Å². The number of carbonyl (C=O) groups is 1. The molecular formula is C15H14ClFN2O2. The number of hydrogen-bond acceptors (Lipinski definition) is 3. The molecule has 2 aromatic carbocycles. The van der Waals surface area contributed by atoms with Crippen LogP contribution in [0.4, 0.5) is 10.1 Å². The number of anilines is 1. The van der Waals surface area contributed by atoms with Crippen molar-refractivity contribution >= 4 is 23.2 Å². The predicted molar refractivity (Wildman–Crippen MR) is 80.4 cm³/mol. The van der Waals surface area contributed by atoms with Gasteiger partial charge < -0.3 is 15.8 Å². The van der Waals surface area contributed by atoms with Crippen LogP contribution < -0.4 is 15.8 Å². The molecule has 21 heavy (non-hydrogen) atoms. The van der Waals surface area contributed by atoms with E-state index in [2.05, 4.69) is 5.32 Å². The molecule has 110 valence electrons. The predicted octanol–water partition coefficient (Wildman–Crippen LogP) is 3.07. The fraction of sp³-hybridized carbons (Fsp3) is 0.133. The quantitative estimate of drug-likeness (QED) is 0.892. The van der Waals surface area contributed by atoms with Crippen LogP contribution in [-0.4, -0.2) is 19.1 Å². The number of hydrogen-bond donors (Lipinski definition) is 2. The van der Waals surface area contributed by atoms with Gasteiger partial charge in [0.1, 0.15) is 18.2 Å². The number of rotatable bonds is 5. The van der Waals surface area contributed by atoms with Crippen molar-refractivity contribution in [2.24, 2.45) is 5.73 Å². The monoisotopic (exact) mass is 308 g/mol. The van der Waals surface area contributed by atoms with Gasteiger partial charge >= 0.3 is 0 Å². The van der Waals surface area contributed by atoms with Gasteiger partial charge in [0.15, 0.2) is 0 Å². The van der Waals surface area contributed by atoms with Crippen molar-refractivity contribution in [3.63, 3.8) is 0 Å². The Labute approximate surface area is 126 Å². The molecule has 3 N–H and O–H groups in total. The lowest BCUT2D eigenvalue weighted by Crippen LogP contribution is -2.13. The first-order valence-corrected chi connectivity index (χ1v) is 6.67. The second kappa shape index (κ2) is 7.06. The summed E-state index contributed by atoms with van der Waals surface area (Å²) in [7, 11) is 0. The van der Waals surface area contributed by atoms with Crippen molar-refractivity contribution < 1.29 is 13.9 Å². The number of benzene rings is 2. The van der Waals surface area contributed by atoms with Gasteiger partial charge in [0, 0.05) is 12.2 Å². The van der Waals surface area contributed by atoms with Gasteiger partial charge in [-0.05, 0) is 42.5 Å². The molecule has 0 aliphatic heterocycles. The zero-order valence-corrected chi connectivity index (χ0v) is 11.9. The summed E-state index contributed by atoms with van der Waals surface area (Å²) >= 11 is 5.84. The Morgan fingerprint density at radius 1 is 1.24 bits per heavy atom. The van der Waals surface area contributed by atoms with Gasteiger partial charge in [0.25, 0.3) is 5.91 Å². The smallest absolute Gasteiger partial charge is 0.257 e. The van der Waals surface area contributed by atoms with E-state index in [4.69, 9.17) is 22.1 Å². The van der Waals surface area contributed by atoms with Crippen molar-refractivity contribution in [3.8, 4) is 5.75 Å². The van der Waals surface area contributed by atoms with Crippen molar-refractivity contribution in [1.82, 2.24) is 0 Å². The first-order valence-electron chi connectivity index (χ1n) is 6.29. The summed E-state index contributed by atoms with van der Waals surface area (Å²) in [6.45, 7) is 0.860. The minimum atomic E-state index is -0.488. The molecule has 0 spiro atoms. The molecule has 0 bridgehead atoms. The van der Waals surface area contributed by atoms with Crippen LogP contribution in [0.5, 0.6) is 5.75 Å². The highest BCUT2D eigenvalue weighted by atomic mass is 35.5. The molecule has 0 unspecified atom stereocenters. The summed E-state index contributed by atoms with van der Waals surface area (Å²) < 4.78 is 18.3. The third-order valence-corrected chi connectivity index (χ3v) is 2.99. The van der Waals surface area contributed by atoms with Gasteiger partial charge in [-0.3, -0.25) is 4.79 Å². The third-order valence-electron chi connectivity index (χ3n) is 2.67. The lowest BCUT2D eigenvalue weighted by Gasteiger charge is -2.08. The molecule has 2 aromatic rings. The van der Waals surface area contributed by atoms with E-state index in [1.54, 1.807) is 24.3 Å². The summed E-state index contributed by atoms with van der Waals surface area (Å²) in [5.74, 6) is -0.230. The Balaban J connectivity index is 2.05. The van der Waals surface area contributed by atoms with E-state index < -0.39 is 11.7 Å². The average Bonchev–Trinajstić information content (AvgIpc) is 2.46. The Morgan fingerprint density at radius 3 is 2.57 bits per heavy atom. The molecule has 6 heteroatoms. The topological polar surface area (TPSA) is 64.3 Å². The molecule has 0 aliphatic rings. The maximum absolute atomic E-state index is 12.9. The summed E-state index contributed by atoms with van der Waals surface area (Å²) in [6.07, 6.45) is 0. The summed E-state index contributed by atoms with van der Waals surface area (Å²) in [6, 6.07) is 10.5. The molecule has 0 heterocycles. The fourth-order valence-electron chi connectivity index (χ4n) is 1.68. The highest BCUT2D eigenvalue weighted by Gasteiger charge is 2.11. The second-order valence-electron chi connectivity index (χ2n) is 4.24. The zero-order valence-electron chi connectivity index (χ0n) is 11.1. The Kier molecular flexibility index (Phi) is 5.14. The number of halogens is 2. The van der Waals surface area contributed by atoms with E-state index in [-0.39, 0.29) is 10.6 Å². The van der Waals surface area contributed by atoms with E-state index in [1.165, 1.54) is 12.1 Å². The number of nitrogens with one attached hydrogen (secondary N) is 1. The van der Waals surface area contributed by atoms with Crippen LogP contribution in [-0.2, 0) is 0 Å². The molecule has 4 nitrogen and oxygen atoms in total.